The van der Waals surface area contributed by atoms with Gasteiger partial charge in [0, 0.05) is 31.7 Å². The highest BCUT2D eigenvalue weighted by Gasteiger charge is 2.35. The van der Waals surface area contributed by atoms with E-state index in [4.69, 9.17) is 5.11 Å². The van der Waals surface area contributed by atoms with E-state index in [-0.39, 0.29) is 30.9 Å². The molecule has 1 aromatic rings. The molecule has 3 rings (SSSR count). The third-order valence-electron chi connectivity index (χ3n) is 4.35. The van der Waals surface area contributed by atoms with Crippen LogP contribution in [0.3, 0.4) is 0 Å². The van der Waals surface area contributed by atoms with Crippen LogP contribution in [0.5, 0.6) is 0 Å². The molecule has 0 aliphatic carbocycles. The molecule has 2 saturated heterocycles. The summed E-state index contributed by atoms with van der Waals surface area (Å²) >= 11 is 0. The minimum Gasteiger partial charge on any atom is -0.481 e. The van der Waals surface area contributed by atoms with Crippen LogP contribution in [0.15, 0.2) is 30.3 Å². The van der Waals surface area contributed by atoms with Gasteiger partial charge in [0.15, 0.2) is 0 Å². The van der Waals surface area contributed by atoms with E-state index in [2.05, 4.69) is 5.32 Å². The van der Waals surface area contributed by atoms with Crippen molar-refractivity contribution in [2.45, 2.75) is 18.9 Å². The van der Waals surface area contributed by atoms with E-state index in [9.17, 15) is 14.4 Å². The van der Waals surface area contributed by atoms with Crippen molar-refractivity contribution in [1.82, 2.24) is 10.2 Å². The van der Waals surface area contributed by atoms with E-state index in [1.807, 2.05) is 30.3 Å². The zero-order valence-electron chi connectivity index (χ0n) is 12.6. The number of carboxylic acids is 1. The number of carbonyl (C=O) groups is 3. The summed E-state index contributed by atoms with van der Waals surface area (Å²) in [6, 6.07) is 8.80. The second-order valence-electron chi connectivity index (χ2n) is 5.96. The summed E-state index contributed by atoms with van der Waals surface area (Å²) < 4.78 is 0. The predicted octanol–water partition coefficient (Wildman–Crippen LogP) is 0.908. The van der Waals surface area contributed by atoms with E-state index >= 15 is 0 Å². The molecule has 23 heavy (non-hydrogen) atoms. The lowest BCUT2D eigenvalue weighted by molar-refractivity contribution is -0.141. The van der Waals surface area contributed by atoms with Gasteiger partial charge in [0.2, 0.25) is 5.91 Å². The fourth-order valence-electron chi connectivity index (χ4n) is 3.07. The van der Waals surface area contributed by atoms with E-state index in [0.29, 0.717) is 19.5 Å². The smallest absolute Gasteiger partial charge is 0.317 e. The zero-order chi connectivity index (χ0) is 16.4. The van der Waals surface area contributed by atoms with Crippen molar-refractivity contribution in [3.05, 3.63) is 30.3 Å². The number of anilines is 1. The first-order valence-corrected chi connectivity index (χ1v) is 7.68. The molecule has 7 nitrogen and oxygen atoms in total. The summed E-state index contributed by atoms with van der Waals surface area (Å²) in [5, 5.41) is 11.8. The lowest BCUT2D eigenvalue weighted by Crippen LogP contribution is -2.45. The van der Waals surface area contributed by atoms with Crippen molar-refractivity contribution >= 4 is 23.6 Å². The number of carboxylic acid groups (broad SMARTS) is 1. The summed E-state index contributed by atoms with van der Waals surface area (Å²) in [4.78, 5) is 38.4. The molecule has 7 heteroatoms. The van der Waals surface area contributed by atoms with E-state index in [1.165, 1.54) is 4.90 Å². The lowest BCUT2D eigenvalue weighted by Gasteiger charge is -2.21. The second kappa shape index (κ2) is 6.28. The Labute approximate surface area is 133 Å². The number of amides is 3. The van der Waals surface area contributed by atoms with Gasteiger partial charge in [-0.05, 0) is 18.6 Å². The van der Waals surface area contributed by atoms with Gasteiger partial charge >= 0.3 is 12.0 Å². The third kappa shape index (κ3) is 3.28. The molecule has 2 unspecified atom stereocenters. The molecule has 2 atom stereocenters. The van der Waals surface area contributed by atoms with Gasteiger partial charge in [-0.3, -0.25) is 9.59 Å². The van der Waals surface area contributed by atoms with Crippen LogP contribution in [-0.2, 0) is 9.59 Å². The number of rotatable bonds is 3. The Morgan fingerprint density at radius 1 is 1.17 bits per heavy atom. The third-order valence-corrected chi connectivity index (χ3v) is 4.35. The Kier molecular flexibility index (Phi) is 4.18. The van der Waals surface area contributed by atoms with Gasteiger partial charge in [-0.1, -0.05) is 18.2 Å². The molecule has 2 N–H and O–H groups in total. The van der Waals surface area contributed by atoms with Crippen LogP contribution >= 0.6 is 0 Å². The van der Waals surface area contributed by atoms with Crippen molar-refractivity contribution in [2.75, 3.05) is 24.5 Å². The number of aliphatic carboxylic acids is 1. The van der Waals surface area contributed by atoms with Crippen LogP contribution in [0.2, 0.25) is 0 Å². The number of likely N-dealkylation sites (tertiary alicyclic amines) is 1. The normalized spacial score (nSPS) is 24.1. The van der Waals surface area contributed by atoms with Crippen molar-refractivity contribution in [2.24, 2.45) is 5.92 Å². The lowest BCUT2D eigenvalue weighted by atomic mass is 10.1. The number of carbonyl (C=O) groups excluding carboxylic acids is 2. The molecule has 3 amide bonds. The molecule has 0 radical (unpaired) electrons. The van der Waals surface area contributed by atoms with Gasteiger partial charge in [-0.15, -0.1) is 0 Å². The number of nitrogens with one attached hydrogen (secondary N) is 1. The van der Waals surface area contributed by atoms with Crippen LogP contribution in [0.4, 0.5) is 10.5 Å². The highest BCUT2D eigenvalue weighted by atomic mass is 16.4. The summed E-state index contributed by atoms with van der Waals surface area (Å²) in [5.74, 6) is -1.38. The average Bonchev–Trinajstić information content (AvgIpc) is 3.15. The molecule has 122 valence electrons. The van der Waals surface area contributed by atoms with Gasteiger partial charge in [-0.25, -0.2) is 4.79 Å². The maximum atomic E-state index is 12.2. The maximum absolute atomic E-state index is 12.2. The summed E-state index contributed by atoms with van der Waals surface area (Å²) in [7, 11) is 0. The summed E-state index contributed by atoms with van der Waals surface area (Å²) in [6.07, 6.45) is 0.735. The molecule has 0 spiro atoms. The first kappa shape index (κ1) is 15.3. The molecule has 0 aromatic heterocycles. The number of nitrogens with zero attached hydrogens (tertiary/aromatic N) is 2. The fourth-order valence-corrected chi connectivity index (χ4v) is 3.07. The zero-order valence-corrected chi connectivity index (χ0v) is 12.6. The monoisotopic (exact) mass is 317 g/mol. The number of urea groups is 1. The molecule has 2 aliphatic heterocycles. The average molecular weight is 317 g/mol. The van der Waals surface area contributed by atoms with Crippen LogP contribution in [0, 0.1) is 5.92 Å². The molecular formula is C16H19N3O4. The molecular weight excluding hydrogens is 298 g/mol. The highest BCUT2D eigenvalue weighted by Crippen LogP contribution is 2.22. The molecule has 1 aromatic carbocycles. The first-order valence-electron chi connectivity index (χ1n) is 7.68. The van der Waals surface area contributed by atoms with Crippen molar-refractivity contribution in [3.63, 3.8) is 0 Å². The fraction of sp³-hybridized carbons (Fsp3) is 0.438. The first-order chi connectivity index (χ1) is 11.0. The predicted molar refractivity (Wildman–Crippen MR) is 83.0 cm³/mol. The topological polar surface area (TPSA) is 90.0 Å². The molecule has 2 fully saturated rings. The van der Waals surface area contributed by atoms with E-state index in [1.54, 1.807) is 4.90 Å². The number of para-hydroxylation sites is 1. The molecule has 0 bridgehead atoms. The van der Waals surface area contributed by atoms with Crippen LogP contribution in [0.1, 0.15) is 12.8 Å². The Morgan fingerprint density at radius 3 is 2.57 bits per heavy atom. The van der Waals surface area contributed by atoms with Gasteiger partial charge in [-0.2, -0.15) is 0 Å². The quantitative estimate of drug-likeness (QED) is 0.867. The Hall–Kier alpha value is -2.57. The molecule has 2 aliphatic rings. The van der Waals surface area contributed by atoms with E-state index in [0.717, 1.165) is 5.69 Å². The summed E-state index contributed by atoms with van der Waals surface area (Å²) in [5.41, 5.74) is 0.821. The van der Waals surface area contributed by atoms with E-state index < -0.39 is 11.9 Å². The maximum Gasteiger partial charge on any atom is 0.317 e. The van der Waals surface area contributed by atoms with Crippen molar-refractivity contribution in [1.29, 1.82) is 0 Å². The molecule has 0 saturated carbocycles. The van der Waals surface area contributed by atoms with Crippen LogP contribution < -0.4 is 10.2 Å². The van der Waals surface area contributed by atoms with Crippen LogP contribution in [0.25, 0.3) is 0 Å². The number of hydrogen-bond donors (Lipinski definition) is 2. The summed E-state index contributed by atoms with van der Waals surface area (Å²) in [6.45, 7) is 1.10. The van der Waals surface area contributed by atoms with Gasteiger partial charge < -0.3 is 20.2 Å². The minimum absolute atomic E-state index is 0.0219. The van der Waals surface area contributed by atoms with Crippen molar-refractivity contribution in [3.8, 4) is 0 Å². The Balaban J connectivity index is 1.56. The Morgan fingerprint density at radius 2 is 1.91 bits per heavy atom. The minimum atomic E-state index is -0.869. The number of hydrogen-bond acceptors (Lipinski definition) is 3. The second-order valence-corrected chi connectivity index (χ2v) is 5.96. The number of benzene rings is 1. The Bertz CT molecular complexity index is 619. The van der Waals surface area contributed by atoms with Crippen molar-refractivity contribution < 1.29 is 19.5 Å². The largest absolute Gasteiger partial charge is 0.481 e. The van der Waals surface area contributed by atoms with Gasteiger partial charge in [0.25, 0.3) is 0 Å². The highest BCUT2D eigenvalue weighted by molar-refractivity contribution is 5.96. The van der Waals surface area contributed by atoms with Gasteiger partial charge in [0.05, 0.1) is 12.0 Å². The SMILES string of the molecule is O=C(O)C1CCN(C(=O)NC2CC(=O)N(c3ccccc3)C2)C1. The van der Waals surface area contributed by atoms with Gasteiger partial charge in [0.1, 0.15) is 0 Å². The molecule has 2 heterocycles. The standard InChI is InChI=1S/C16H19N3O4/c20-14-8-12(10-19(14)13-4-2-1-3-5-13)17-16(23)18-7-6-11(9-18)15(21)22/h1-5,11-12H,6-10H2,(H,17,23)(H,21,22). The van der Waals surface area contributed by atoms with Crippen LogP contribution in [-0.4, -0.2) is 53.6 Å².